The highest BCUT2D eigenvalue weighted by Gasteiger charge is 2.10. The molecule has 2 amide bonds. The van der Waals surface area contributed by atoms with Crippen LogP contribution < -0.4 is 10.6 Å². The average molecular weight is 190 g/mol. The first-order valence-corrected chi connectivity index (χ1v) is 3.88. The Hall–Kier alpha value is -1.14. The summed E-state index contributed by atoms with van der Waals surface area (Å²) in [7, 11) is 1.50. The van der Waals surface area contributed by atoms with Crippen LogP contribution in [0.25, 0.3) is 0 Å². The van der Waals surface area contributed by atoms with Crippen LogP contribution in [-0.4, -0.2) is 50.3 Å². The number of nitrogens with one attached hydrogen (secondary N) is 2. The maximum absolute atomic E-state index is 10.9. The number of methoxy groups -OCH3 is 1. The van der Waals surface area contributed by atoms with Crippen molar-refractivity contribution >= 4 is 11.8 Å². The molecule has 0 radical (unpaired) electrons. The minimum Gasteiger partial charge on any atom is -0.395 e. The van der Waals surface area contributed by atoms with E-state index in [-0.39, 0.29) is 13.2 Å². The summed E-state index contributed by atoms with van der Waals surface area (Å²) in [6, 6.07) is 0. The van der Waals surface area contributed by atoms with Crippen molar-refractivity contribution in [3.63, 3.8) is 0 Å². The minimum absolute atomic E-state index is 0.0799. The number of ether oxygens (including phenoxy) is 1. The van der Waals surface area contributed by atoms with Gasteiger partial charge in [-0.15, -0.1) is 0 Å². The van der Waals surface area contributed by atoms with Gasteiger partial charge in [0.15, 0.2) is 0 Å². The van der Waals surface area contributed by atoms with Crippen LogP contribution in [0.3, 0.4) is 0 Å². The summed E-state index contributed by atoms with van der Waals surface area (Å²) in [5.74, 6) is -1.46. The van der Waals surface area contributed by atoms with E-state index < -0.39 is 11.8 Å². The number of rotatable bonds is 5. The molecule has 0 saturated carbocycles. The van der Waals surface area contributed by atoms with Crippen LogP contribution in [0.2, 0.25) is 0 Å². The van der Waals surface area contributed by atoms with E-state index in [1.807, 2.05) is 0 Å². The van der Waals surface area contributed by atoms with Crippen LogP contribution >= 0.6 is 0 Å². The number of hydrogen-bond donors (Lipinski definition) is 3. The number of carbonyl (C=O) groups excluding carboxylic acids is 2. The number of carbonyl (C=O) groups is 2. The molecule has 0 atom stereocenters. The largest absolute Gasteiger partial charge is 0.395 e. The van der Waals surface area contributed by atoms with Crippen LogP contribution in [0.5, 0.6) is 0 Å². The van der Waals surface area contributed by atoms with Crippen LogP contribution in [0.4, 0.5) is 0 Å². The molecule has 3 N–H and O–H groups in total. The highest BCUT2D eigenvalue weighted by molar-refractivity contribution is 6.35. The van der Waals surface area contributed by atoms with Crippen molar-refractivity contribution in [1.29, 1.82) is 0 Å². The van der Waals surface area contributed by atoms with E-state index in [1.54, 1.807) is 0 Å². The van der Waals surface area contributed by atoms with E-state index in [4.69, 9.17) is 5.11 Å². The summed E-state index contributed by atoms with van der Waals surface area (Å²) in [5, 5.41) is 12.9. The van der Waals surface area contributed by atoms with Gasteiger partial charge in [0.25, 0.3) is 0 Å². The Kier molecular flexibility index (Phi) is 6.85. The van der Waals surface area contributed by atoms with E-state index in [0.717, 1.165) is 0 Å². The second-order valence-electron chi connectivity index (χ2n) is 2.23. The molecule has 0 rings (SSSR count). The quantitative estimate of drug-likeness (QED) is 0.341. The summed E-state index contributed by atoms with van der Waals surface area (Å²) in [5.41, 5.74) is 0. The third kappa shape index (κ3) is 6.06. The fraction of sp³-hybridized carbons (Fsp3) is 0.714. The molecule has 0 bridgehead atoms. The van der Waals surface area contributed by atoms with Crippen molar-refractivity contribution in [1.82, 2.24) is 10.6 Å². The van der Waals surface area contributed by atoms with Crippen LogP contribution in [-0.2, 0) is 14.3 Å². The van der Waals surface area contributed by atoms with Crippen molar-refractivity contribution in [2.45, 2.75) is 0 Å². The average Bonchev–Trinajstić information content (AvgIpc) is 2.14. The smallest absolute Gasteiger partial charge is 0.309 e. The molecule has 6 nitrogen and oxygen atoms in total. The number of aliphatic hydroxyl groups is 1. The van der Waals surface area contributed by atoms with Gasteiger partial charge in [0, 0.05) is 20.2 Å². The van der Waals surface area contributed by atoms with E-state index in [2.05, 4.69) is 15.4 Å². The second-order valence-corrected chi connectivity index (χ2v) is 2.23. The van der Waals surface area contributed by atoms with Gasteiger partial charge in [-0.25, -0.2) is 0 Å². The fourth-order valence-electron chi connectivity index (χ4n) is 0.597. The molecule has 6 heteroatoms. The highest BCUT2D eigenvalue weighted by atomic mass is 16.5. The lowest BCUT2D eigenvalue weighted by Crippen LogP contribution is -2.41. The number of aliphatic hydroxyl groups excluding tert-OH is 1. The highest BCUT2D eigenvalue weighted by Crippen LogP contribution is 1.70. The van der Waals surface area contributed by atoms with E-state index in [9.17, 15) is 9.59 Å². The molecule has 0 fully saturated rings. The zero-order valence-electron chi connectivity index (χ0n) is 7.50. The van der Waals surface area contributed by atoms with E-state index >= 15 is 0 Å². The molecule has 0 aliphatic rings. The van der Waals surface area contributed by atoms with Gasteiger partial charge in [-0.3, -0.25) is 9.59 Å². The van der Waals surface area contributed by atoms with Crippen molar-refractivity contribution in [2.75, 3.05) is 33.4 Å². The molecule has 0 aromatic carbocycles. The van der Waals surface area contributed by atoms with Gasteiger partial charge in [0.1, 0.15) is 0 Å². The Balaban J connectivity index is 3.51. The van der Waals surface area contributed by atoms with Crippen LogP contribution in [0.1, 0.15) is 0 Å². The zero-order chi connectivity index (χ0) is 10.1. The predicted molar refractivity (Wildman–Crippen MR) is 45.0 cm³/mol. The topological polar surface area (TPSA) is 87.7 Å². The molecular weight excluding hydrogens is 176 g/mol. The lowest BCUT2D eigenvalue weighted by Gasteiger charge is -2.04. The molecule has 0 aromatic rings. The third-order valence-corrected chi connectivity index (χ3v) is 1.20. The summed E-state index contributed by atoms with van der Waals surface area (Å²) in [6.45, 7) is 0.550. The standard InChI is InChI=1S/C7H14N2O4/c1-13-5-3-9-7(12)6(11)8-2-4-10/h10H,2-5H2,1H3,(H,8,11)(H,9,12). The molecule has 0 aromatic heterocycles. The normalized spacial score (nSPS) is 9.38. The van der Waals surface area contributed by atoms with Crippen molar-refractivity contribution in [2.24, 2.45) is 0 Å². The van der Waals surface area contributed by atoms with Crippen molar-refractivity contribution in [3.8, 4) is 0 Å². The molecule has 0 heterocycles. The predicted octanol–water partition coefficient (Wildman–Crippen LogP) is -2.14. The SMILES string of the molecule is COCCNC(=O)C(=O)NCCO. The van der Waals surface area contributed by atoms with E-state index in [0.29, 0.717) is 13.2 Å². The Morgan fingerprint density at radius 2 is 1.77 bits per heavy atom. The summed E-state index contributed by atoms with van der Waals surface area (Å²) < 4.78 is 4.67. The Labute approximate surface area is 76.3 Å². The zero-order valence-corrected chi connectivity index (χ0v) is 7.50. The molecule has 0 spiro atoms. The van der Waals surface area contributed by atoms with Gasteiger partial charge >= 0.3 is 11.8 Å². The number of hydrogen-bond acceptors (Lipinski definition) is 4. The Morgan fingerprint density at radius 1 is 1.23 bits per heavy atom. The lowest BCUT2D eigenvalue weighted by atomic mass is 10.5. The summed E-state index contributed by atoms with van der Waals surface area (Å²) in [4.78, 5) is 21.7. The third-order valence-electron chi connectivity index (χ3n) is 1.20. The Bertz CT molecular complexity index is 172. The molecule has 0 saturated heterocycles. The second kappa shape index (κ2) is 7.51. The molecule has 0 aliphatic carbocycles. The van der Waals surface area contributed by atoms with Gasteiger partial charge in [-0.05, 0) is 0 Å². The number of amides is 2. The lowest BCUT2D eigenvalue weighted by molar-refractivity contribution is -0.139. The van der Waals surface area contributed by atoms with Crippen LogP contribution in [0, 0.1) is 0 Å². The van der Waals surface area contributed by atoms with E-state index in [1.165, 1.54) is 7.11 Å². The molecule has 0 aliphatic heterocycles. The van der Waals surface area contributed by atoms with Crippen molar-refractivity contribution < 1.29 is 19.4 Å². The van der Waals surface area contributed by atoms with Gasteiger partial charge in [-0.2, -0.15) is 0 Å². The van der Waals surface area contributed by atoms with Gasteiger partial charge < -0.3 is 20.5 Å². The van der Waals surface area contributed by atoms with Crippen molar-refractivity contribution in [3.05, 3.63) is 0 Å². The molecular formula is C7H14N2O4. The molecule has 0 unspecified atom stereocenters. The summed E-state index contributed by atoms with van der Waals surface area (Å²) >= 11 is 0. The first-order valence-electron chi connectivity index (χ1n) is 3.88. The monoisotopic (exact) mass is 190 g/mol. The maximum atomic E-state index is 10.9. The maximum Gasteiger partial charge on any atom is 0.309 e. The fourth-order valence-corrected chi connectivity index (χ4v) is 0.597. The summed E-state index contributed by atoms with van der Waals surface area (Å²) in [6.07, 6.45) is 0. The minimum atomic E-state index is -0.745. The molecule has 13 heavy (non-hydrogen) atoms. The first-order chi connectivity index (χ1) is 6.22. The van der Waals surface area contributed by atoms with Gasteiger partial charge in [0.05, 0.1) is 13.2 Å². The Morgan fingerprint density at radius 3 is 2.23 bits per heavy atom. The molecule has 76 valence electrons. The van der Waals surface area contributed by atoms with Gasteiger partial charge in [-0.1, -0.05) is 0 Å². The first kappa shape index (κ1) is 11.9. The van der Waals surface area contributed by atoms with Crippen LogP contribution in [0.15, 0.2) is 0 Å². The van der Waals surface area contributed by atoms with Gasteiger partial charge in [0.2, 0.25) is 0 Å².